The monoisotopic (exact) mass is 276 g/mol. The summed E-state index contributed by atoms with van der Waals surface area (Å²) in [6.45, 7) is 0.578. The van der Waals surface area contributed by atoms with E-state index in [2.05, 4.69) is 4.74 Å². The highest BCUT2D eigenvalue weighted by Gasteiger charge is 2.33. The number of hydrogen-bond acceptors (Lipinski definition) is 4. The predicted molar refractivity (Wildman–Crippen MR) is 57.4 cm³/mol. The third-order valence-electron chi connectivity index (χ3n) is 2.30. The minimum absolute atomic E-state index is 0.164. The van der Waals surface area contributed by atoms with Crippen LogP contribution in [0.15, 0.2) is 18.2 Å². The number of rotatable bonds is 3. The Balaban J connectivity index is 2.34. The van der Waals surface area contributed by atoms with Crippen molar-refractivity contribution in [1.82, 2.24) is 0 Å². The standard InChI is InChI=1S/C10H8BF3O5/c12-10(13,14)19-8-4-6(9(15)16)3-7(5-8)11-17-1-2-18-11/h3-5H,1-2H2,(H,15,16). The fourth-order valence-electron chi connectivity index (χ4n) is 1.63. The minimum atomic E-state index is -4.90. The SMILES string of the molecule is O=C(O)c1cc(OC(F)(F)F)cc(B2OCCO2)c1. The van der Waals surface area contributed by atoms with E-state index in [9.17, 15) is 18.0 Å². The van der Waals surface area contributed by atoms with Crippen LogP contribution in [0.1, 0.15) is 10.4 Å². The Bertz CT molecular complexity index is 485. The molecular weight excluding hydrogens is 268 g/mol. The van der Waals surface area contributed by atoms with Gasteiger partial charge in [-0.05, 0) is 23.7 Å². The average Bonchev–Trinajstić information content (AvgIpc) is 2.79. The van der Waals surface area contributed by atoms with Gasteiger partial charge >= 0.3 is 19.5 Å². The second-order valence-electron chi connectivity index (χ2n) is 3.72. The van der Waals surface area contributed by atoms with E-state index >= 15 is 0 Å². The molecule has 0 aliphatic carbocycles. The maximum absolute atomic E-state index is 12.2. The summed E-state index contributed by atoms with van der Waals surface area (Å²) in [5.41, 5.74) is -0.174. The average molecular weight is 276 g/mol. The number of ether oxygens (including phenoxy) is 1. The highest BCUT2D eigenvalue weighted by molar-refractivity contribution is 6.61. The smallest absolute Gasteiger partial charge is 0.478 e. The molecule has 0 atom stereocenters. The lowest BCUT2D eigenvalue weighted by molar-refractivity contribution is -0.274. The normalized spacial score (nSPS) is 15.6. The zero-order chi connectivity index (χ0) is 14.0. The molecule has 0 amide bonds. The molecule has 102 valence electrons. The number of aromatic carboxylic acids is 1. The number of carboxylic acids is 1. The molecule has 0 bridgehead atoms. The summed E-state index contributed by atoms with van der Waals surface area (Å²) in [4.78, 5) is 10.9. The van der Waals surface area contributed by atoms with Gasteiger partial charge in [0.25, 0.3) is 0 Å². The predicted octanol–water partition coefficient (Wildman–Crippen LogP) is 1.03. The number of alkyl halides is 3. The zero-order valence-electron chi connectivity index (χ0n) is 9.44. The van der Waals surface area contributed by atoms with Crippen LogP contribution < -0.4 is 10.2 Å². The van der Waals surface area contributed by atoms with E-state index in [0.717, 1.165) is 12.1 Å². The molecule has 1 aliphatic heterocycles. The fourth-order valence-corrected chi connectivity index (χ4v) is 1.63. The van der Waals surface area contributed by atoms with Crippen LogP contribution >= 0.6 is 0 Å². The van der Waals surface area contributed by atoms with Crippen LogP contribution in [-0.4, -0.2) is 37.8 Å². The van der Waals surface area contributed by atoms with Crippen molar-refractivity contribution >= 4 is 18.6 Å². The molecule has 1 aromatic rings. The molecular formula is C10H8BF3O5. The Kier molecular flexibility index (Phi) is 3.67. The summed E-state index contributed by atoms with van der Waals surface area (Å²) in [7, 11) is -0.880. The minimum Gasteiger partial charge on any atom is -0.478 e. The number of carbonyl (C=O) groups is 1. The largest absolute Gasteiger partial charge is 0.573 e. The van der Waals surface area contributed by atoms with Gasteiger partial charge in [-0.2, -0.15) is 0 Å². The third-order valence-corrected chi connectivity index (χ3v) is 2.30. The maximum Gasteiger partial charge on any atom is 0.573 e. The molecule has 9 heteroatoms. The van der Waals surface area contributed by atoms with E-state index in [4.69, 9.17) is 14.4 Å². The molecule has 2 rings (SSSR count). The number of halogens is 3. The molecule has 0 saturated carbocycles. The zero-order valence-corrected chi connectivity index (χ0v) is 9.44. The van der Waals surface area contributed by atoms with Crippen LogP contribution in [0.2, 0.25) is 0 Å². The molecule has 0 spiro atoms. The topological polar surface area (TPSA) is 65.0 Å². The first kappa shape index (κ1) is 13.7. The molecule has 0 unspecified atom stereocenters. The molecule has 1 aliphatic rings. The lowest BCUT2D eigenvalue weighted by atomic mass is 9.78. The molecule has 1 aromatic carbocycles. The lowest BCUT2D eigenvalue weighted by Gasteiger charge is -2.12. The van der Waals surface area contributed by atoms with Gasteiger partial charge in [-0.15, -0.1) is 13.2 Å². The van der Waals surface area contributed by atoms with Gasteiger partial charge in [0, 0.05) is 0 Å². The van der Waals surface area contributed by atoms with Gasteiger partial charge in [-0.3, -0.25) is 0 Å². The van der Waals surface area contributed by atoms with Gasteiger partial charge in [0.05, 0.1) is 18.8 Å². The van der Waals surface area contributed by atoms with E-state index in [-0.39, 0.29) is 24.2 Å². The van der Waals surface area contributed by atoms with E-state index in [0.29, 0.717) is 0 Å². The summed E-state index contributed by atoms with van der Waals surface area (Å²) in [6.07, 6.45) is -4.90. The Morgan fingerprint density at radius 2 is 1.89 bits per heavy atom. The van der Waals surface area contributed by atoms with Gasteiger partial charge in [-0.25, -0.2) is 4.79 Å². The molecule has 1 N–H and O–H groups in total. The summed E-state index contributed by atoms with van der Waals surface area (Å²) in [5.74, 6) is -1.99. The Labute approximate surface area is 106 Å². The first-order valence-electron chi connectivity index (χ1n) is 5.22. The van der Waals surface area contributed by atoms with Crippen molar-refractivity contribution in [3.05, 3.63) is 23.8 Å². The van der Waals surface area contributed by atoms with Crippen molar-refractivity contribution in [2.24, 2.45) is 0 Å². The molecule has 1 fully saturated rings. The summed E-state index contributed by atoms with van der Waals surface area (Å²) in [6, 6.07) is 3.01. The van der Waals surface area contributed by atoms with Crippen LogP contribution in [0.3, 0.4) is 0 Å². The molecule has 0 aromatic heterocycles. The van der Waals surface area contributed by atoms with Crippen molar-refractivity contribution in [2.75, 3.05) is 13.2 Å². The van der Waals surface area contributed by atoms with Crippen LogP contribution in [0, 0.1) is 0 Å². The highest BCUT2D eigenvalue weighted by Crippen LogP contribution is 2.23. The van der Waals surface area contributed by atoms with Gasteiger partial charge in [-0.1, -0.05) is 0 Å². The number of benzene rings is 1. The Hall–Kier alpha value is -1.74. The van der Waals surface area contributed by atoms with Crippen LogP contribution in [0.25, 0.3) is 0 Å². The van der Waals surface area contributed by atoms with Crippen molar-refractivity contribution in [2.45, 2.75) is 6.36 Å². The molecule has 1 heterocycles. The lowest BCUT2D eigenvalue weighted by Crippen LogP contribution is -2.33. The Morgan fingerprint density at radius 1 is 1.26 bits per heavy atom. The van der Waals surface area contributed by atoms with Crippen molar-refractivity contribution in [3.8, 4) is 5.75 Å². The second-order valence-corrected chi connectivity index (χ2v) is 3.72. The number of carboxylic acid groups (broad SMARTS) is 1. The summed E-state index contributed by atoms with van der Waals surface area (Å²) in [5, 5.41) is 8.86. The van der Waals surface area contributed by atoms with Crippen LogP contribution in [0.5, 0.6) is 5.75 Å². The molecule has 1 saturated heterocycles. The van der Waals surface area contributed by atoms with E-state index < -0.39 is 25.2 Å². The van der Waals surface area contributed by atoms with E-state index in [1.54, 1.807) is 0 Å². The Morgan fingerprint density at radius 3 is 2.42 bits per heavy atom. The van der Waals surface area contributed by atoms with Crippen molar-refractivity contribution in [1.29, 1.82) is 0 Å². The maximum atomic E-state index is 12.2. The van der Waals surface area contributed by atoms with Gasteiger partial charge < -0.3 is 19.2 Å². The number of hydrogen-bond donors (Lipinski definition) is 1. The van der Waals surface area contributed by atoms with Crippen LogP contribution in [0.4, 0.5) is 13.2 Å². The van der Waals surface area contributed by atoms with Gasteiger partial charge in [0.2, 0.25) is 0 Å². The first-order chi connectivity index (χ1) is 8.85. The van der Waals surface area contributed by atoms with Crippen LogP contribution in [-0.2, 0) is 9.31 Å². The first-order valence-corrected chi connectivity index (χ1v) is 5.22. The quantitative estimate of drug-likeness (QED) is 0.835. The van der Waals surface area contributed by atoms with Crippen molar-refractivity contribution in [3.63, 3.8) is 0 Å². The fraction of sp³-hybridized carbons (Fsp3) is 0.300. The van der Waals surface area contributed by atoms with E-state index in [1.165, 1.54) is 6.07 Å². The molecule has 0 radical (unpaired) electrons. The van der Waals surface area contributed by atoms with Crippen molar-refractivity contribution < 1.29 is 37.1 Å². The summed E-state index contributed by atoms with van der Waals surface area (Å²) < 4.78 is 50.4. The molecule has 19 heavy (non-hydrogen) atoms. The third kappa shape index (κ3) is 3.61. The second kappa shape index (κ2) is 5.10. The van der Waals surface area contributed by atoms with Gasteiger partial charge in [0.1, 0.15) is 5.75 Å². The summed E-state index contributed by atoms with van der Waals surface area (Å²) >= 11 is 0. The molecule has 5 nitrogen and oxygen atoms in total. The van der Waals surface area contributed by atoms with Gasteiger partial charge in [0.15, 0.2) is 0 Å². The highest BCUT2D eigenvalue weighted by atomic mass is 19.4. The van der Waals surface area contributed by atoms with E-state index in [1.807, 2.05) is 0 Å².